The van der Waals surface area contributed by atoms with Gasteiger partial charge in [-0.3, -0.25) is 0 Å². The van der Waals surface area contributed by atoms with Crippen molar-refractivity contribution >= 4 is 28.6 Å². The molecule has 1 unspecified atom stereocenters. The van der Waals surface area contributed by atoms with Gasteiger partial charge < -0.3 is 14.4 Å². The summed E-state index contributed by atoms with van der Waals surface area (Å²) in [5.41, 5.74) is 2.33. The van der Waals surface area contributed by atoms with Crippen molar-refractivity contribution in [3.8, 4) is 5.75 Å². The van der Waals surface area contributed by atoms with Gasteiger partial charge in [-0.05, 0) is 23.8 Å². The first-order valence-corrected chi connectivity index (χ1v) is 7.76. The number of rotatable bonds is 3. The van der Waals surface area contributed by atoms with Crippen LogP contribution in [0.25, 0.3) is 0 Å². The zero-order valence-corrected chi connectivity index (χ0v) is 12.8. The Morgan fingerprint density at radius 3 is 3.05 bits per heavy atom. The third-order valence-corrected chi connectivity index (χ3v) is 4.53. The molecule has 2 heterocycles. The predicted octanol–water partition coefficient (Wildman–Crippen LogP) is 3.99. The van der Waals surface area contributed by atoms with E-state index in [1.54, 1.807) is 18.4 Å². The van der Waals surface area contributed by atoms with E-state index in [0.717, 1.165) is 35.3 Å². The van der Waals surface area contributed by atoms with Crippen LogP contribution in [0.3, 0.4) is 0 Å². The highest BCUT2D eigenvalue weighted by Crippen LogP contribution is 2.31. The summed E-state index contributed by atoms with van der Waals surface area (Å²) in [4.78, 5) is 2.32. The van der Waals surface area contributed by atoms with Crippen LogP contribution in [0.15, 0.2) is 35.7 Å². The summed E-state index contributed by atoms with van der Waals surface area (Å²) in [5, 5.41) is 2.09. The summed E-state index contributed by atoms with van der Waals surface area (Å²) < 4.78 is 12.0. The fourth-order valence-electron chi connectivity index (χ4n) is 2.39. The van der Waals surface area contributed by atoms with Crippen LogP contribution in [-0.4, -0.2) is 26.8 Å². The molecule has 106 valence electrons. The molecule has 0 bridgehead atoms. The van der Waals surface area contributed by atoms with Gasteiger partial charge in [-0.15, -0.1) is 11.3 Å². The number of nitrogens with zero attached hydrogens (tertiary/aromatic N) is 1. The van der Waals surface area contributed by atoms with E-state index in [-0.39, 0.29) is 6.10 Å². The fraction of sp³-hybridized carbons (Fsp3) is 0.333. The van der Waals surface area contributed by atoms with E-state index in [9.17, 15) is 0 Å². The number of methoxy groups -OCH3 is 1. The van der Waals surface area contributed by atoms with Crippen LogP contribution in [0.5, 0.6) is 5.75 Å². The van der Waals surface area contributed by atoms with E-state index in [2.05, 4.69) is 16.3 Å². The molecule has 0 N–H and O–H groups in total. The van der Waals surface area contributed by atoms with Crippen molar-refractivity contribution in [1.29, 1.82) is 0 Å². The third-order valence-electron chi connectivity index (χ3n) is 3.45. The monoisotopic (exact) mass is 309 g/mol. The average molecular weight is 310 g/mol. The normalized spacial score (nSPS) is 19.1. The van der Waals surface area contributed by atoms with Gasteiger partial charge >= 0.3 is 0 Å². The zero-order valence-electron chi connectivity index (χ0n) is 11.2. The van der Waals surface area contributed by atoms with E-state index in [0.29, 0.717) is 0 Å². The first-order valence-electron chi connectivity index (χ1n) is 6.51. The van der Waals surface area contributed by atoms with E-state index in [1.807, 2.05) is 24.3 Å². The number of ether oxygens (including phenoxy) is 2. The molecule has 0 spiro atoms. The molecular formula is C15H16ClNO2S. The lowest BCUT2D eigenvalue weighted by atomic mass is 10.1. The van der Waals surface area contributed by atoms with E-state index < -0.39 is 0 Å². The molecule has 5 heteroatoms. The Morgan fingerprint density at radius 1 is 1.40 bits per heavy atom. The van der Waals surface area contributed by atoms with Crippen molar-refractivity contribution in [2.24, 2.45) is 0 Å². The van der Waals surface area contributed by atoms with Gasteiger partial charge in [0.15, 0.2) is 0 Å². The molecule has 2 aromatic rings. The number of halogens is 1. The summed E-state index contributed by atoms with van der Waals surface area (Å²) >= 11 is 7.58. The third kappa shape index (κ3) is 2.92. The number of hydrogen-bond acceptors (Lipinski definition) is 4. The Kier molecular flexibility index (Phi) is 4.15. The van der Waals surface area contributed by atoms with Crippen molar-refractivity contribution in [2.45, 2.75) is 6.10 Å². The highest BCUT2D eigenvalue weighted by Gasteiger charge is 2.23. The number of anilines is 1. The number of benzene rings is 1. The maximum atomic E-state index is 6.02. The largest absolute Gasteiger partial charge is 0.497 e. The van der Waals surface area contributed by atoms with Gasteiger partial charge in [0.25, 0.3) is 0 Å². The van der Waals surface area contributed by atoms with Crippen molar-refractivity contribution in [2.75, 3.05) is 31.7 Å². The van der Waals surface area contributed by atoms with Crippen LogP contribution < -0.4 is 9.64 Å². The summed E-state index contributed by atoms with van der Waals surface area (Å²) in [7, 11) is 1.68. The Hall–Kier alpha value is -1.23. The second-order valence-electron chi connectivity index (χ2n) is 4.69. The lowest BCUT2D eigenvalue weighted by Gasteiger charge is -2.34. The smallest absolute Gasteiger partial charge is 0.119 e. The van der Waals surface area contributed by atoms with Crippen molar-refractivity contribution in [3.05, 3.63) is 45.6 Å². The second-order valence-corrected chi connectivity index (χ2v) is 6.23. The highest BCUT2D eigenvalue weighted by molar-refractivity contribution is 7.14. The predicted molar refractivity (Wildman–Crippen MR) is 83.2 cm³/mol. The molecule has 0 amide bonds. The van der Waals surface area contributed by atoms with Crippen LogP contribution in [0, 0.1) is 0 Å². The van der Waals surface area contributed by atoms with Gasteiger partial charge in [0.2, 0.25) is 0 Å². The molecule has 0 aliphatic carbocycles. The van der Waals surface area contributed by atoms with Crippen LogP contribution in [0.2, 0.25) is 4.34 Å². The topological polar surface area (TPSA) is 21.7 Å². The molecule has 3 nitrogen and oxygen atoms in total. The van der Waals surface area contributed by atoms with Crippen molar-refractivity contribution < 1.29 is 9.47 Å². The lowest BCUT2D eigenvalue weighted by molar-refractivity contribution is 0.0397. The van der Waals surface area contributed by atoms with Crippen LogP contribution >= 0.6 is 22.9 Å². The molecule has 1 atom stereocenters. The van der Waals surface area contributed by atoms with Crippen LogP contribution in [-0.2, 0) is 4.74 Å². The van der Waals surface area contributed by atoms with Gasteiger partial charge in [-0.1, -0.05) is 23.7 Å². The molecule has 1 aromatic carbocycles. The van der Waals surface area contributed by atoms with Crippen LogP contribution in [0.1, 0.15) is 11.7 Å². The Balaban J connectivity index is 1.77. The molecule has 0 saturated carbocycles. The van der Waals surface area contributed by atoms with Crippen molar-refractivity contribution in [1.82, 2.24) is 0 Å². The van der Waals surface area contributed by atoms with Gasteiger partial charge in [0, 0.05) is 24.2 Å². The van der Waals surface area contributed by atoms with Gasteiger partial charge in [0.1, 0.15) is 11.9 Å². The fourth-order valence-corrected chi connectivity index (χ4v) is 3.28. The molecule has 1 aliphatic heterocycles. The Bertz CT molecular complexity index is 587. The lowest BCUT2D eigenvalue weighted by Crippen LogP contribution is -2.38. The van der Waals surface area contributed by atoms with E-state index >= 15 is 0 Å². The highest BCUT2D eigenvalue weighted by atomic mass is 35.5. The minimum Gasteiger partial charge on any atom is -0.497 e. The molecule has 3 rings (SSSR count). The van der Waals surface area contributed by atoms with Crippen LogP contribution in [0.4, 0.5) is 5.69 Å². The SMILES string of the molecule is COc1cccc(C2CN(c3csc(Cl)c3)CCO2)c1. The second kappa shape index (κ2) is 6.04. The van der Waals surface area contributed by atoms with Gasteiger partial charge in [-0.2, -0.15) is 0 Å². The quantitative estimate of drug-likeness (QED) is 0.856. The van der Waals surface area contributed by atoms with E-state index in [1.165, 1.54) is 5.69 Å². The van der Waals surface area contributed by atoms with Crippen molar-refractivity contribution in [3.63, 3.8) is 0 Å². The maximum absolute atomic E-state index is 6.02. The molecular weight excluding hydrogens is 294 g/mol. The summed E-state index contributed by atoms with van der Waals surface area (Å²) in [5.74, 6) is 0.863. The number of thiophene rings is 1. The summed E-state index contributed by atoms with van der Waals surface area (Å²) in [6, 6.07) is 10.1. The number of hydrogen-bond donors (Lipinski definition) is 0. The minimum atomic E-state index is 0.0672. The minimum absolute atomic E-state index is 0.0672. The standard InChI is InChI=1S/C15H16ClNO2S/c1-18-13-4-2-3-11(7-13)14-9-17(5-6-19-14)12-8-15(16)20-10-12/h2-4,7-8,10,14H,5-6,9H2,1H3. The Morgan fingerprint density at radius 2 is 2.30 bits per heavy atom. The summed E-state index contributed by atoms with van der Waals surface area (Å²) in [6.45, 7) is 2.45. The van der Waals surface area contributed by atoms with Gasteiger partial charge in [-0.25, -0.2) is 0 Å². The molecule has 1 aromatic heterocycles. The molecule has 1 saturated heterocycles. The zero-order chi connectivity index (χ0) is 13.9. The first-order chi connectivity index (χ1) is 9.76. The number of morpholine rings is 1. The molecule has 0 radical (unpaired) electrons. The summed E-state index contributed by atoms with van der Waals surface area (Å²) in [6.07, 6.45) is 0.0672. The Labute approximate surface area is 127 Å². The maximum Gasteiger partial charge on any atom is 0.119 e. The average Bonchev–Trinajstić information content (AvgIpc) is 2.94. The van der Waals surface area contributed by atoms with E-state index in [4.69, 9.17) is 21.1 Å². The molecule has 1 aliphatic rings. The van der Waals surface area contributed by atoms with Gasteiger partial charge in [0.05, 0.1) is 18.1 Å². The molecule has 20 heavy (non-hydrogen) atoms. The first kappa shape index (κ1) is 13.7. The molecule has 1 fully saturated rings.